The van der Waals surface area contributed by atoms with Gasteiger partial charge >= 0.3 is 6.09 Å². The standard InChI is InChI=1S/C29H24N6O3/c1-20-26(34-29(36)37-16-14-22-7-5-6-15-31-22)19-35-28(20)27(21(17-30)18-32-35)33-23-10-12-25(13-11-23)38-24-8-3-2-4-9-24/h2-13,15,18-19,33H,14,16H2,1H3,(H,34,36). The minimum atomic E-state index is -0.580. The lowest BCUT2D eigenvalue weighted by molar-refractivity contribution is 0.162. The molecule has 2 aromatic carbocycles. The van der Waals surface area contributed by atoms with Crippen LogP contribution in [0.15, 0.2) is 91.4 Å². The van der Waals surface area contributed by atoms with Gasteiger partial charge in [-0.3, -0.25) is 10.3 Å². The normalized spacial score (nSPS) is 10.5. The molecule has 5 aromatic rings. The first kappa shape index (κ1) is 24.3. The molecule has 1 amide bonds. The van der Waals surface area contributed by atoms with E-state index >= 15 is 0 Å². The van der Waals surface area contributed by atoms with E-state index in [0.717, 1.165) is 22.7 Å². The number of rotatable bonds is 8. The van der Waals surface area contributed by atoms with Crippen LogP contribution >= 0.6 is 0 Å². The molecule has 0 atom stereocenters. The number of aromatic nitrogens is 3. The number of aryl methyl sites for hydroxylation is 1. The van der Waals surface area contributed by atoms with E-state index in [2.05, 4.69) is 26.8 Å². The minimum absolute atomic E-state index is 0.197. The van der Waals surface area contributed by atoms with Crippen molar-refractivity contribution in [2.45, 2.75) is 13.3 Å². The third-order valence-electron chi connectivity index (χ3n) is 5.83. The Hall–Kier alpha value is -5.36. The molecule has 0 unspecified atom stereocenters. The van der Waals surface area contributed by atoms with E-state index in [-0.39, 0.29) is 6.61 Å². The van der Waals surface area contributed by atoms with Crippen molar-refractivity contribution >= 4 is 28.7 Å². The average Bonchev–Trinajstić information content (AvgIpc) is 3.26. The number of pyridine rings is 1. The van der Waals surface area contributed by atoms with Gasteiger partial charge in [0.2, 0.25) is 0 Å². The fourth-order valence-electron chi connectivity index (χ4n) is 3.94. The van der Waals surface area contributed by atoms with Gasteiger partial charge in [0.25, 0.3) is 0 Å². The number of amides is 1. The van der Waals surface area contributed by atoms with Crippen molar-refractivity contribution in [3.8, 4) is 17.6 Å². The lowest BCUT2D eigenvalue weighted by Gasteiger charge is -2.12. The number of anilines is 3. The number of fused-ring (bicyclic) bond motifs is 1. The van der Waals surface area contributed by atoms with Gasteiger partial charge < -0.3 is 14.8 Å². The van der Waals surface area contributed by atoms with Crippen molar-refractivity contribution in [1.82, 2.24) is 14.6 Å². The van der Waals surface area contributed by atoms with Crippen molar-refractivity contribution in [1.29, 1.82) is 5.26 Å². The van der Waals surface area contributed by atoms with Gasteiger partial charge in [-0.05, 0) is 55.5 Å². The highest BCUT2D eigenvalue weighted by Crippen LogP contribution is 2.33. The SMILES string of the molecule is Cc1c(NC(=O)OCCc2ccccn2)cn2ncc(C#N)c(Nc3ccc(Oc4ccccc4)cc3)c12. The molecule has 3 heterocycles. The molecule has 9 nitrogen and oxygen atoms in total. The van der Waals surface area contributed by atoms with Crippen LogP contribution in [0.4, 0.5) is 21.9 Å². The van der Waals surface area contributed by atoms with E-state index in [1.807, 2.05) is 79.7 Å². The van der Waals surface area contributed by atoms with E-state index in [1.54, 1.807) is 16.9 Å². The monoisotopic (exact) mass is 504 g/mol. The molecular weight excluding hydrogens is 480 g/mol. The van der Waals surface area contributed by atoms with Crippen molar-refractivity contribution < 1.29 is 14.3 Å². The molecule has 0 aliphatic rings. The first-order valence-electron chi connectivity index (χ1n) is 12.0. The molecule has 5 rings (SSSR count). The Bertz CT molecular complexity index is 1590. The molecule has 3 aromatic heterocycles. The van der Waals surface area contributed by atoms with Crippen LogP contribution in [0.1, 0.15) is 16.8 Å². The van der Waals surface area contributed by atoms with Crippen LogP contribution in [0.5, 0.6) is 11.5 Å². The quantitative estimate of drug-likeness (QED) is 0.257. The zero-order chi connectivity index (χ0) is 26.3. The van der Waals surface area contributed by atoms with Gasteiger partial charge in [-0.1, -0.05) is 24.3 Å². The Morgan fingerprint density at radius 2 is 1.79 bits per heavy atom. The largest absolute Gasteiger partial charge is 0.457 e. The maximum atomic E-state index is 12.4. The maximum absolute atomic E-state index is 12.4. The summed E-state index contributed by atoms with van der Waals surface area (Å²) in [5.74, 6) is 1.43. The summed E-state index contributed by atoms with van der Waals surface area (Å²) >= 11 is 0. The van der Waals surface area contributed by atoms with E-state index in [9.17, 15) is 10.1 Å². The summed E-state index contributed by atoms with van der Waals surface area (Å²) in [6.07, 6.45) is 4.81. The van der Waals surface area contributed by atoms with E-state index < -0.39 is 6.09 Å². The Morgan fingerprint density at radius 3 is 2.53 bits per heavy atom. The summed E-state index contributed by atoms with van der Waals surface area (Å²) in [6.45, 7) is 2.05. The zero-order valence-electron chi connectivity index (χ0n) is 20.6. The number of nitriles is 1. The number of para-hydroxylation sites is 1. The molecule has 0 aliphatic carbocycles. The van der Waals surface area contributed by atoms with Crippen molar-refractivity contribution in [3.05, 3.63) is 108 Å². The van der Waals surface area contributed by atoms with Gasteiger partial charge in [0.15, 0.2) is 0 Å². The predicted octanol–water partition coefficient (Wildman–Crippen LogP) is 6.24. The number of carbonyl (C=O) groups is 1. The van der Waals surface area contributed by atoms with Crippen LogP contribution in [0, 0.1) is 18.3 Å². The molecule has 0 saturated heterocycles. The van der Waals surface area contributed by atoms with Gasteiger partial charge in [0.1, 0.15) is 17.6 Å². The van der Waals surface area contributed by atoms with Gasteiger partial charge in [-0.15, -0.1) is 0 Å². The van der Waals surface area contributed by atoms with Crippen LogP contribution < -0.4 is 15.4 Å². The Labute approximate surface area is 219 Å². The van der Waals surface area contributed by atoms with Crippen molar-refractivity contribution in [2.75, 3.05) is 17.2 Å². The first-order chi connectivity index (χ1) is 18.6. The summed E-state index contributed by atoms with van der Waals surface area (Å²) < 4.78 is 12.8. The summed E-state index contributed by atoms with van der Waals surface area (Å²) in [5.41, 5.74) is 4.49. The smallest absolute Gasteiger partial charge is 0.411 e. The van der Waals surface area contributed by atoms with Gasteiger partial charge in [0.05, 0.1) is 41.5 Å². The Morgan fingerprint density at radius 1 is 1.03 bits per heavy atom. The van der Waals surface area contributed by atoms with E-state index in [1.165, 1.54) is 6.20 Å². The number of carbonyl (C=O) groups excluding carboxylic acids is 1. The molecule has 0 radical (unpaired) electrons. The molecule has 9 heteroatoms. The highest BCUT2D eigenvalue weighted by molar-refractivity contribution is 5.92. The van der Waals surface area contributed by atoms with Crippen LogP contribution in [-0.2, 0) is 11.2 Å². The summed E-state index contributed by atoms with van der Waals surface area (Å²) in [5, 5.41) is 20.2. The number of nitrogens with zero attached hydrogens (tertiary/aromatic N) is 4. The number of hydrogen-bond acceptors (Lipinski definition) is 7. The second-order valence-corrected chi connectivity index (χ2v) is 8.40. The van der Waals surface area contributed by atoms with Crippen LogP contribution in [-0.4, -0.2) is 27.3 Å². The lowest BCUT2D eigenvalue weighted by atomic mass is 10.1. The predicted molar refractivity (Wildman–Crippen MR) is 144 cm³/mol. The summed E-state index contributed by atoms with van der Waals surface area (Å²) in [4.78, 5) is 16.7. The number of nitrogens with one attached hydrogen (secondary N) is 2. The molecule has 38 heavy (non-hydrogen) atoms. The second-order valence-electron chi connectivity index (χ2n) is 8.40. The van der Waals surface area contributed by atoms with Crippen LogP contribution in [0.3, 0.4) is 0 Å². The lowest BCUT2D eigenvalue weighted by Crippen LogP contribution is -2.15. The molecule has 0 fully saturated rings. The van der Waals surface area contributed by atoms with Gasteiger partial charge in [0, 0.05) is 29.6 Å². The third kappa shape index (κ3) is 5.55. The molecule has 188 valence electrons. The zero-order valence-corrected chi connectivity index (χ0v) is 20.6. The highest BCUT2D eigenvalue weighted by Gasteiger charge is 2.18. The molecule has 0 spiro atoms. The summed E-state index contributed by atoms with van der Waals surface area (Å²) in [6, 6.07) is 24.7. The number of ether oxygens (including phenoxy) is 2. The van der Waals surface area contributed by atoms with Crippen molar-refractivity contribution in [2.24, 2.45) is 0 Å². The van der Waals surface area contributed by atoms with E-state index in [4.69, 9.17) is 9.47 Å². The second kappa shape index (κ2) is 11.1. The highest BCUT2D eigenvalue weighted by atomic mass is 16.5. The fraction of sp³-hybridized carbons (Fsp3) is 0.103. The Balaban J connectivity index is 1.32. The minimum Gasteiger partial charge on any atom is -0.457 e. The molecule has 0 bridgehead atoms. The van der Waals surface area contributed by atoms with Crippen LogP contribution in [0.2, 0.25) is 0 Å². The van der Waals surface area contributed by atoms with Crippen LogP contribution in [0.25, 0.3) is 5.52 Å². The molecule has 0 aliphatic heterocycles. The van der Waals surface area contributed by atoms with E-state index in [0.29, 0.717) is 34.6 Å². The fourth-order valence-corrected chi connectivity index (χ4v) is 3.94. The van der Waals surface area contributed by atoms with Crippen molar-refractivity contribution in [3.63, 3.8) is 0 Å². The average molecular weight is 505 g/mol. The Kier molecular flexibility index (Phi) is 7.13. The molecular formula is C29H24N6O3. The first-order valence-corrected chi connectivity index (χ1v) is 12.0. The molecule has 0 saturated carbocycles. The van der Waals surface area contributed by atoms with Gasteiger partial charge in [-0.25, -0.2) is 9.31 Å². The summed E-state index contributed by atoms with van der Waals surface area (Å²) in [7, 11) is 0. The maximum Gasteiger partial charge on any atom is 0.411 e. The number of hydrogen-bond donors (Lipinski definition) is 2. The third-order valence-corrected chi connectivity index (χ3v) is 5.83. The molecule has 2 N–H and O–H groups in total. The topological polar surface area (TPSA) is 114 Å². The van der Waals surface area contributed by atoms with Gasteiger partial charge in [-0.2, -0.15) is 10.4 Å². The number of benzene rings is 2.